The first-order valence-corrected chi connectivity index (χ1v) is 7.49. The van der Waals surface area contributed by atoms with E-state index in [9.17, 15) is 9.59 Å². The van der Waals surface area contributed by atoms with Gasteiger partial charge in [0.25, 0.3) is 0 Å². The van der Waals surface area contributed by atoms with Crippen LogP contribution in [-0.4, -0.2) is 25.5 Å². The summed E-state index contributed by atoms with van der Waals surface area (Å²) in [7, 11) is 0. The molecule has 0 atom stereocenters. The van der Waals surface area contributed by atoms with Crippen molar-refractivity contribution in [2.24, 2.45) is 0 Å². The van der Waals surface area contributed by atoms with E-state index < -0.39 is 0 Å². The Morgan fingerprint density at radius 3 is 2.80 bits per heavy atom. The lowest BCUT2D eigenvalue weighted by atomic mass is 10.2. The Morgan fingerprint density at radius 1 is 1.30 bits per heavy atom. The lowest BCUT2D eigenvalue weighted by Crippen LogP contribution is -2.04. The van der Waals surface area contributed by atoms with Gasteiger partial charge in [0.2, 0.25) is 0 Å². The van der Waals surface area contributed by atoms with Crippen molar-refractivity contribution < 1.29 is 19.1 Å². The predicted octanol–water partition coefficient (Wildman–Crippen LogP) is 3.76. The lowest BCUT2D eigenvalue weighted by molar-refractivity contribution is -0.143. The van der Waals surface area contributed by atoms with E-state index in [0.717, 1.165) is 30.0 Å². The molecule has 0 heterocycles. The summed E-state index contributed by atoms with van der Waals surface area (Å²) in [5.41, 5.74) is 0.574. The number of halogens is 1. The third-order valence-corrected chi connectivity index (χ3v) is 3.42. The molecule has 5 heteroatoms. The zero-order chi connectivity index (χ0) is 14.8. The fraction of sp³-hybridized carbons (Fsp3) is 0.467. The van der Waals surface area contributed by atoms with Crippen LogP contribution in [0.25, 0.3) is 0 Å². The van der Waals surface area contributed by atoms with Gasteiger partial charge in [-0.2, -0.15) is 0 Å². The van der Waals surface area contributed by atoms with Crippen LogP contribution in [0.1, 0.15) is 43.0 Å². The van der Waals surface area contributed by atoms with Crippen LogP contribution < -0.4 is 4.74 Å². The normalized spacial score (nSPS) is 10.1. The summed E-state index contributed by atoms with van der Waals surface area (Å²) in [6, 6.07) is 5.31. The average Bonchev–Trinajstić information content (AvgIpc) is 2.44. The van der Waals surface area contributed by atoms with Crippen molar-refractivity contribution in [1.82, 2.24) is 0 Å². The summed E-state index contributed by atoms with van der Waals surface area (Å²) in [5.74, 6) is 0.539. The van der Waals surface area contributed by atoms with Crippen molar-refractivity contribution in [1.29, 1.82) is 0 Å². The highest BCUT2D eigenvalue weighted by atomic mass is 79.9. The van der Waals surface area contributed by atoms with Gasteiger partial charge in [-0.15, -0.1) is 0 Å². The molecule has 0 saturated carbocycles. The summed E-state index contributed by atoms with van der Waals surface area (Å²) >= 11 is 3.29. The molecule has 0 spiro atoms. The van der Waals surface area contributed by atoms with Crippen molar-refractivity contribution in [3.63, 3.8) is 0 Å². The number of hydrogen-bond acceptors (Lipinski definition) is 4. The summed E-state index contributed by atoms with van der Waals surface area (Å²) in [6.07, 6.45) is 3.83. The second-order valence-electron chi connectivity index (χ2n) is 4.27. The second kappa shape index (κ2) is 9.53. The Morgan fingerprint density at radius 2 is 2.10 bits per heavy atom. The van der Waals surface area contributed by atoms with Gasteiger partial charge in [0.15, 0.2) is 6.29 Å². The molecule has 0 N–H and O–H groups in total. The highest BCUT2D eigenvalue weighted by molar-refractivity contribution is 9.10. The van der Waals surface area contributed by atoms with Gasteiger partial charge in [-0.1, -0.05) is 15.9 Å². The first-order chi connectivity index (χ1) is 9.67. The molecule has 1 rings (SSSR count). The highest BCUT2D eigenvalue weighted by Gasteiger charge is 2.03. The Hall–Kier alpha value is -1.36. The second-order valence-corrected chi connectivity index (χ2v) is 5.12. The molecule has 1 aromatic carbocycles. The van der Waals surface area contributed by atoms with Gasteiger partial charge in [0, 0.05) is 16.5 Å². The largest absolute Gasteiger partial charge is 0.494 e. The first-order valence-electron chi connectivity index (χ1n) is 6.70. The molecule has 0 saturated heterocycles. The molecule has 4 nitrogen and oxygen atoms in total. The molecule has 0 aromatic heterocycles. The van der Waals surface area contributed by atoms with Crippen LogP contribution in [-0.2, 0) is 9.53 Å². The Labute approximate surface area is 127 Å². The van der Waals surface area contributed by atoms with Crippen molar-refractivity contribution in [3.05, 3.63) is 28.2 Å². The van der Waals surface area contributed by atoms with Crippen molar-refractivity contribution in [3.8, 4) is 5.75 Å². The zero-order valence-corrected chi connectivity index (χ0v) is 13.1. The van der Waals surface area contributed by atoms with E-state index >= 15 is 0 Å². The Kier molecular flexibility index (Phi) is 7.95. The maximum Gasteiger partial charge on any atom is 0.305 e. The number of hydrogen-bond donors (Lipinski definition) is 0. The van der Waals surface area contributed by atoms with E-state index in [1.54, 1.807) is 19.1 Å². The SMILES string of the molecule is CCOC(=O)CCCCCOc1ccc(Br)c(C=O)c1. The third kappa shape index (κ3) is 6.19. The Bertz CT molecular complexity index is 445. The van der Waals surface area contributed by atoms with Gasteiger partial charge in [0.05, 0.1) is 13.2 Å². The van der Waals surface area contributed by atoms with Crippen molar-refractivity contribution in [2.45, 2.75) is 32.6 Å². The molecule has 0 radical (unpaired) electrons. The number of benzene rings is 1. The number of carbonyl (C=O) groups is 2. The van der Waals surface area contributed by atoms with E-state index in [-0.39, 0.29) is 5.97 Å². The van der Waals surface area contributed by atoms with Crippen LogP contribution >= 0.6 is 15.9 Å². The summed E-state index contributed by atoms with van der Waals surface area (Å²) in [5, 5.41) is 0. The van der Waals surface area contributed by atoms with Gasteiger partial charge in [-0.3, -0.25) is 9.59 Å². The number of esters is 1. The van der Waals surface area contributed by atoms with Gasteiger partial charge in [-0.25, -0.2) is 0 Å². The molecular weight excluding hydrogens is 324 g/mol. The molecule has 20 heavy (non-hydrogen) atoms. The van der Waals surface area contributed by atoms with E-state index in [2.05, 4.69) is 15.9 Å². The van der Waals surface area contributed by atoms with Crippen LogP contribution in [0, 0.1) is 0 Å². The zero-order valence-electron chi connectivity index (χ0n) is 11.6. The van der Waals surface area contributed by atoms with Crippen LogP contribution in [0.5, 0.6) is 5.75 Å². The molecule has 0 fully saturated rings. The first kappa shape index (κ1) is 16.7. The monoisotopic (exact) mass is 342 g/mol. The minimum absolute atomic E-state index is 0.142. The minimum atomic E-state index is -0.142. The average molecular weight is 343 g/mol. The molecule has 0 unspecified atom stereocenters. The van der Waals surface area contributed by atoms with Gasteiger partial charge < -0.3 is 9.47 Å². The number of carbonyl (C=O) groups excluding carboxylic acids is 2. The molecule has 0 bridgehead atoms. The van der Waals surface area contributed by atoms with E-state index in [0.29, 0.717) is 30.9 Å². The smallest absolute Gasteiger partial charge is 0.305 e. The number of rotatable bonds is 9. The number of unbranched alkanes of at least 4 members (excludes halogenated alkanes) is 2. The van der Waals surface area contributed by atoms with Crippen LogP contribution in [0.3, 0.4) is 0 Å². The molecule has 0 amide bonds. The van der Waals surface area contributed by atoms with Gasteiger partial charge in [0.1, 0.15) is 5.75 Å². The Balaban J connectivity index is 2.18. The summed E-state index contributed by atoms with van der Waals surface area (Å²) in [6.45, 7) is 2.81. The molecule has 0 aliphatic rings. The maximum absolute atomic E-state index is 11.1. The van der Waals surface area contributed by atoms with E-state index in [4.69, 9.17) is 9.47 Å². The fourth-order valence-electron chi connectivity index (χ4n) is 1.67. The number of aldehydes is 1. The van der Waals surface area contributed by atoms with Gasteiger partial charge >= 0.3 is 5.97 Å². The topological polar surface area (TPSA) is 52.6 Å². The highest BCUT2D eigenvalue weighted by Crippen LogP contribution is 2.21. The third-order valence-electron chi connectivity index (χ3n) is 2.69. The summed E-state index contributed by atoms with van der Waals surface area (Å²) < 4.78 is 11.2. The van der Waals surface area contributed by atoms with E-state index in [1.807, 2.05) is 6.07 Å². The molecule has 110 valence electrons. The standard InChI is InChI=1S/C15H19BrO4/c1-2-19-15(18)6-4-3-5-9-20-13-7-8-14(16)12(10-13)11-17/h7-8,10-11H,2-6,9H2,1H3. The lowest BCUT2D eigenvalue weighted by Gasteiger charge is -2.07. The molecular formula is C15H19BrO4. The van der Waals surface area contributed by atoms with Crippen LogP contribution in [0.4, 0.5) is 0 Å². The minimum Gasteiger partial charge on any atom is -0.494 e. The quantitative estimate of drug-likeness (QED) is 0.389. The molecule has 0 aliphatic carbocycles. The van der Waals surface area contributed by atoms with Crippen molar-refractivity contribution >= 4 is 28.2 Å². The van der Waals surface area contributed by atoms with Crippen LogP contribution in [0.15, 0.2) is 22.7 Å². The van der Waals surface area contributed by atoms with Gasteiger partial charge in [-0.05, 0) is 44.4 Å². The fourth-order valence-corrected chi connectivity index (χ4v) is 2.01. The molecule has 0 aliphatic heterocycles. The van der Waals surface area contributed by atoms with E-state index in [1.165, 1.54) is 0 Å². The molecule has 1 aromatic rings. The predicted molar refractivity (Wildman–Crippen MR) is 80.1 cm³/mol. The number of ether oxygens (including phenoxy) is 2. The van der Waals surface area contributed by atoms with Crippen molar-refractivity contribution in [2.75, 3.05) is 13.2 Å². The van der Waals surface area contributed by atoms with Crippen LogP contribution in [0.2, 0.25) is 0 Å². The maximum atomic E-state index is 11.1. The summed E-state index contributed by atoms with van der Waals surface area (Å²) in [4.78, 5) is 21.9.